The molecule has 5 heteroatoms. The number of hydrogen-bond acceptors (Lipinski definition) is 3. The fourth-order valence-corrected chi connectivity index (χ4v) is 1.95. The van der Waals surface area contributed by atoms with Crippen molar-refractivity contribution in [3.63, 3.8) is 0 Å². The van der Waals surface area contributed by atoms with E-state index in [1.165, 1.54) is 0 Å². The van der Waals surface area contributed by atoms with E-state index < -0.39 is 6.09 Å². The van der Waals surface area contributed by atoms with Crippen molar-refractivity contribution in [2.24, 2.45) is 0 Å². The van der Waals surface area contributed by atoms with Gasteiger partial charge in [0.15, 0.2) is 0 Å². The molecule has 0 saturated heterocycles. The van der Waals surface area contributed by atoms with Crippen LogP contribution in [0.1, 0.15) is 17.8 Å². The lowest BCUT2D eigenvalue weighted by Crippen LogP contribution is -2.28. The fourth-order valence-electron chi connectivity index (χ4n) is 1.95. The molecule has 20 heavy (non-hydrogen) atoms. The molecular formula is C15H19N3O2. The van der Waals surface area contributed by atoms with Gasteiger partial charge < -0.3 is 10.1 Å². The first-order chi connectivity index (χ1) is 9.65. The average molecular weight is 273 g/mol. The number of amides is 1. The first-order valence-corrected chi connectivity index (χ1v) is 6.67. The van der Waals surface area contributed by atoms with Crippen LogP contribution >= 0.6 is 0 Å². The summed E-state index contributed by atoms with van der Waals surface area (Å²) < 4.78 is 7.07. The van der Waals surface area contributed by atoms with Crippen LogP contribution in [-0.4, -0.2) is 22.4 Å². The van der Waals surface area contributed by atoms with Gasteiger partial charge in [-0.3, -0.25) is 4.68 Å². The molecule has 0 spiro atoms. The molecule has 2 aromatic rings. The van der Waals surface area contributed by atoms with Gasteiger partial charge >= 0.3 is 6.09 Å². The minimum Gasteiger partial charge on any atom is -0.410 e. The molecule has 0 saturated carbocycles. The van der Waals surface area contributed by atoms with E-state index in [2.05, 4.69) is 10.4 Å². The molecule has 1 amide bonds. The number of carbonyl (C=O) groups is 1. The highest BCUT2D eigenvalue weighted by molar-refractivity contribution is 5.70. The third kappa shape index (κ3) is 4.12. The van der Waals surface area contributed by atoms with E-state index in [0.29, 0.717) is 12.3 Å². The van der Waals surface area contributed by atoms with Crippen LogP contribution in [0, 0.1) is 13.8 Å². The van der Waals surface area contributed by atoms with Gasteiger partial charge in [0.2, 0.25) is 0 Å². The molecule has 0 bridgehead atoms. The van der Waals surface area contributed by atoms with Crippen molar-refractivity contribution in [3.05, 3.63) is 47.8 Å². The Kier molecular flexibility index (Phi) is 4.76. The van der Waals surface area contributed by atoms with Crippen LogP contribution in [0.25, 0.3) is 0 Å². The zero-order chi connectivity index (χ0) is 14.4. The smallest absolute Gasteiger partial charge is 0.410 e. The van der Waals surface area contributed by atoms with Crippen molar-refractivity contribution < 1.29 is 9.53 Å². The van der Waals surface area contributed by atoms with Gasteiger partial charge in [-0.25, -0.2) is 4.79 Å². The predicted octanol–water partition coefficient (Wildman–Crippen LogP) is 2.68. The van der Waals surface area contributed by atoms with E-state index >= 15 is 0 Å². The standard InChI is InChI=1S/C15H19N3O2/c1-12-11-13(2)18(17-12)10-6-9-16-15(19)20-14-7-4-3-5-8-14/h3-5,7-8,11H,6,9-10H2,1-2H3,(H,16,19). The predicted molar refractivity (Wildman–Crippen MR) is 76.8 cm³/mol. The number of aromatic nitrogens is 2. The number of rotatable bonds is 5. The van der Waals surface area contributed by atoms with Crippen LogP contribution < -0.4 is 10.1 Å². The summed E-state index contributed by atoms with van der Waals surface area (Å²) >= 11 is 0. The highest BCUT2D eigenvalue weighted by Crippen LogP contribution is 2.08. The molecule has 0 aliphatic rings. The summed E-state index contributed by atoms with van der Waals surface area (Å²) in [6.45, 7) is 5.34. The van der Waals surface area contributed by atoms with Crippen molar-refractivity contribution >= 4 is 6.09 Å². The van der Waals surface area contributed by atoms with Gasteiger partial charge in [-0.2, -0.15) is 5.10 Å². The zero-order valence-electron chi connectivity index (χ0n) is 11.8. The molecule has 1 aromatic heterocycles. The molecule has 2 rings (SSSR count). The zero-order valence-corrected chi connectivity index (χ0v) is 11.8. The van der Waals surface area contributed by atoms with Gasteiger partial charge in [-0.1, -0.05) is 18.2 Å². The fraction of sp³-hybridized carbons (Fsp3) is 0.333. The highest BCUT2D eigenvalue weighted by atomic mass is 16.5. The van der Waals surface area contributed by atoms with Gasteiger partial charge in [0.1, 0.15) is 5.75 Å². The largest absolute Gasteiger partial charge is 0.412 e. The first-order valence-electron chi connectivity index (χ1n) is 6.67. The maximum absolute atomic E-state index is 11.5. The number of carbonyl (C=O) groups excluding carboxylic acids is 1. The molecule has 0 atom stereocenters. The molecule has 0 unspecified atom stereocenters. The van der Waals surface area contributed by atoms with Crippen LogP contribution in [-0.2, 0) is 6.54 Å². The van der Waals surface area contributed by atoms with Crippen molar-refractivity contribution in [1.82, 2.24) is 15.1 Å². The lowest BCUT2D eigenvalue weighted by molar-refractivity contribution is 0.200. The summed E-state index contributed by atoms with van der Waals surface area (Å²) in [5, 5.41) is 7.09. The molecule has 0 aliphatic heterocycles. The Morgan fingerprint density at radius 1 is 1.30 bits per heavy atom. The maximum atomic E-state index is 11.5. The molecule has 1 N–H and O–H groups in total. The first kappa shape index (κ1) is 14.1. The number of benzene rings is 1. The minimum atomic E-state index is -0.426. The normalized spacial score (nSPS) is 10.3. The lowest BCUT2D eigenvalue weighted by Gasteiger charge is -2.07. The van der Waals surface area contributed by atoms with Crippen LogP contribution in [0.5, 0.6) is 5.75 Å². The monoisotopic (exact) mass is 273 g/mol. The molecule has 0 radical (unpaired) electrons. The number of nitrogens with one attached hydrogen (secondary N) is 1. The van der Waals surface area contributed by atoms with Crippen LogP contribution in [0.2, 0.25) is 0 Å². The van der Waals surface area contributed by atoms with Crippen molar-refractivity contribution in [2.75, 3.05) is 6.54 Å². The van der Waals surface area contributed by atoms with Gasteiger partial charge in [0, 0.05) is 18.8 Å². The second-order valence-corrected chi connectivity index (χ2v) is 4.63. The summed E-state index contributed by atoms with van der Waals surface area (Å²) in [4.78, 5) is 11.5. The van der Waals surface area contributed by atoms with Crippen molar-refractivity contribution in [3.8, 4) is 5.75 Å². The Morgan fingerprint density at radius 3 is 2.70 bits per heavy atom. The second kappa shape index (κ2) is 6.75. The Balaban J connectivity index is 1.68. The average Bonchev–Trinajstić information content (AvgIpc) is 2.74. The SMILES string of the molecule is Cc1cc(C)n(CCCNC(=O)Oc2ccccc2)n1. The number of nitrogens with zero attached hydrogens (tertiary/aromatic N) is 2. The number of ether oxygens (including phenoxy) is 1. The van der Waals surface area contributed by atoms with Gasteiger partial charge in [0.05, 0.1) is 5.69 Å². The van der Waals surface area contributed by atoms with Crippen molar-refractivity contribution in [1.29, 1.82) is 0 Å². The number of aryl methyl sites for hydroxylation is 3. The Morgan fingerprint density at radius 2 is 2.05 bits per heavy atom. The minimum absolute atomic E-state index is 0.426. The quantitative estimate of drug-likeness (QED) is 0.852. The molecule has 0 aliphatic carbocycles. The Bertz CT molecular complexity index is 564. The van der Waals surface area contributed by atoms with Crippen molar-refractivity contribution in [2.45, 2.75) is 26.8 Å². The molecule has 5 nitrogen and oxygen atoms in total. The molecule has 106 valence electrons. The summed E-state index contributed by atoms with van der Waals surface area (Å²) in [7, 11) is 0. The molecule has 1 heterocycles. The summed E-state index contributed by atoms with van der Waals surface area (Å²) in [6.07, 6.45) is 0.385. The molecular weight excluding hydrogens is 254 g/mol. The van der Waals surface area contributed by atoms with E-state index in [-0.39, 0.29) is 0 Å². The van der Waals surface area contributed by atoms with Crippen LogP contribution in [0.3, 0.4) is 0 Å². The Labute approximate surface area is 118 Å². The van der Waals surface area contributed by atoms with E-state index in [0.717, 1.165) is 24.4 Å². The third-order valence-corrected chi connectivity index (χ3v) is 2.87. The van der Waals surface area contributed by atoms with E-state index in [1.54, 1.807) is 12.1 Å². The summed E-state index contributed by atoms with van der Waals surface area (Å²) in [5.74, 6) is 0.545. The van der Waals surface area contributed by atoms with Crippen LogP contribution in [0.4, 0.5) is 4.79 Å². The molecule has 1 aromatic carbocycles. The molecule has 0 fully saturated rings. The second-order valence-electron chi connectivity index (χ2n) is 4.63. The third-order valence-electron chi connectivity index (χ3n) is 2.87. The van der Waals surface area contributed by atoms with Crippen LogP contribution in [0.15, 0.2) is 36.4 Å². The summed E-state index contributed by atoms with van der Waals surface area (Å²) in [6, 6.07) is 11.1. The topological polar surface area (TPSA) is 56.2 Å². The highest BCUT2D eigenvalue weighted by Gasteiger charge is 2.04. The van der Waals surface area contributed by atoms with E-state index in [9.17, 15) is 4.79 Å². The maximum Gasteiger partial charge on any atom is 0.412 e. The Hall–Kier alpha value is -2.30. The number of hydrogen-bond donors (Lipinski definition) is 1. The van der Waals surface area contributed by atoms with Gasteiger partial charge in [0.25, 0.3) is 0 Å². The van der Waals surface area contributed by atoms with E-state index in [4.69, 9.17) is 4.74 Å². The van der Waals surface area contributed by atoms with Gasteiger partial charge in [-0.15, -0.1) is 0 Å². The van der Waals surface area contributed by atoms with E-state index in [1.807, 2.05) is 42.8 Å². The number of para-hydroxylation sites is 1. The lowest BCUT2D eigenvalue weighted by atomic mass is 10.3. The summed E-state index contributed by atoms with van der Waals surface area (Å²) in [5.41, 5.74) is 2.15. The van der Waals surface area contributed by atoms with Gasteiger partial charge in [-0.05, 0) is 38.5 Å².